The number of hydrogen-bond acceptors (Lipinski definition) is 5. The molecular formula is C19H21F2N5O. The number of anilines is 2. The molecule has 1 atom stereocenters. The predicted octanol–water partition coefficient (Wildman–Crippen LogP) is 4.46. The van der Waals surface area contributed by atoms with Gasteiger partial charge in [0.15, 0.2) is 0 Å². The Morgan fingerprint density at radius 3 is 2.48 bits per heavy atom. The number of aryl methyl sites for hydroxylation is 2. The van der Waals surface area contributed by atoms with Crippen molar-refractivity contribution in [3.8, 4) is 0 Å². The Labute approximate surface area is 155 Å². The smallest absolute Gasteiger partial charge is 0.321 e. The zero-order chi connectivity index (χ0) is 19.7. The number of halogens is 2. The van der Waals surface area contributed by atoms with Crippen LogP contribution in [0, 0.1) is 13.8 Å². The highest BCUT2D eigenvalue weighted by atomic mass is 19.3. The fraction of sp³-hybridized carbons (Fsp3) is 0.368. The summed E-state index contributed by atoms with van der Waals surface area (Å²) in [4.78, 5) is 25.6. The number of nitrogens with one attached hydrogen (secondary N) is 1. The average molecular weight is 373 g/mol. The molecule has 0 spiro atoms. The van der Waals surface area contributed by atoms with E-state index < -0.39 is 12.1 Å². The van der Waals surface area contributed by atoms with E-state index in [-0.39, 0.29) is 11.3 Å². The maximum atomic E-state index is 13.1. The van der Waals surface area contributed by atoms with E-state index in [9.17, 15) is 13.6 Å². The molecule has 0 aliphatic rings. The lowest BCUT2D eigenvalue weighted by Crippen LogP contribution is -2.22. The molecule has 0 saturated heterocycles. The van der Waals surface area contributed by atoms with Crippen molar-refractivity contribution in [2.75, 3.05) is 5.32 Å². The van der Waals surface area contributed by atoms with Crippen LogP contribution in [0.1, 0.15) is 49.8 Å². The van der Waals surface area contributed by atoms with E-state index in [0.717, 1.165) is 18.3 Å². The molecular weight excluding hydrogens is 352 g/mol. The average Bonchev–Trinajstić information content (AvgIpc) is 2.59. The number of aromatic nitrogens is 4. The van der Waals surface area contributed by atoms with Crippen LogP contribution in [-0.2, 0) is 0 Å². The Balaban J connectivity index is 2.18. The molecule has 0 radical (unpaired) electrons. The van der Waals surface area contributed by atoms with Crippen molar-refractivity contribution in [3.05, 3.63) is 51.8 Å². The van der Waals surface area contributed by atoms with Crippen LogP contribution in [0.4, 0.5) is 20.4 Å². The maximum absolute atomic E-state index is 13.1. The lowest BCUT2D eigenvalue weighted by atomic mass is 9.95. The largest absolute Gasteiger partial charge is 0.325 e. The maximum Gasteiger partial charge on any atom is 0.321 e. The van der Waals surface area contributed by atoms with Crippen molar-refractivity contribution in [2.24, 2.45) is 0 Å². The molecule has 1 N–H and O–H groups in total. The summed E-state index contributed by atoms with van der Waals surface area (Å²) in [5.74, 6) is 1.72. The number of nitrogens with zero attached hydrogens (tertiary/aromatic N) is 4. The van der Waals surface area contributed by atoms with Crippen molar-refractivity contribution >= 4 is 22.5 Å². The van der Waals surface area contributed by atoms with E-state index in [4.69, 9.17) is 0 Å². The summed E-state index contributed by atoms with van der Waals surface area (Å²) in [6.07, 6.45) is 1.83. The van der Waals surface area contributed by atoms with Gasteiger partial charge in [-0.3, -0.25) is 9.36 Å². The summed E-state index contributed by atoms with van der Waals surface area (Å²) < 4.78 is 26.7. The summed E-state index contributed by atoms with van der Waals surface area (Å²) in [6, 6.07) is 4.97. The van der Waals surface area contributed by atoms with Gasteiger partial charge in [-0.05, 0) is 43.9 Å². The van der Waals surface area contributed by atoms with Gasteiger partial charge in [-0.15, -0.1) is 0 Å². The second kappa shape index (κ2) is 7.38. The van der Waals surface area contributed by atoms with Gasteiger partial charge in [0.2, 0.25) is 0 Å². The highest BCUT2D eigenvalue weighted by molar-refractivity contribution is 5.84. The van der Waals surface area contributed by atoms with Crippen molar-refractivity contribution < 1.29 is 8.78 Å². The van der Waals surface area contributed by atoms with Crippen LogP contribution in [0.3, 0.4) is 0 Å². The fourth-order valence-corrected chi connectivity index (χ4v) is 3.03. The van der Waals surface area contributed by atoms with Crippen molar-refractivity contribution in [3.63, 3.8) is 0 Å². The first-order valence-electron chi connectivity index (χ1n) is 8.73. The lowest BCUT2D eigenvalue weighted by Gasteiger charge is -2.16. The molecule has 142 valence electrons. The van der Waals surface area contributed by atoms with Crippen LogP contribution in [0.2, 0.25) is 0 Å². The number of hydrogen-bond donors (Lipinski definition) is 1. The van der Waals surface area contributed by atoms with E-state index in [1.165, 1.54) is 6.07 Å². The molecule has 6 nitrogen and oxygen atoms in total. The summed E-state index contributed by atoms with van der Waals surface area (Å²) in [5.41, 5.74) is 1.14. The third kappa shape index (κ3) is 3.79. The van der Waals surface area contributed by atoms with Crippen molar-refractivity contribution in [1.29, 1.82) is 0 Å². The Morgan fingerprint density at radius 2 is 1.85 bits per heavy atom. The van der Waals surface area contributed by atoms with Gasteiger partial charge in [-0.2, -0.15) is 8.78 Å². The van der Waals surface area contributed by atoms with Gasteiger partial charge >= 0.3 is 6.55 Å². The highest BCUT2D eigenvalue weighted by Gasteiger charge is 2.18. The molecule has 3 aromatic heterocycles. The summed E-state index contributed by atoms with van der Waals surface area (Å²) in [6.45, 7) is 4.71. The zero-order valence-corrected chi connectivity index (χ0v) is 15.6. The normalized spacial score (nSPS) is 12.6. The number of rotatable bonds is 5. The molecule has 3 aromatic rings. The third-order valence-electron chi connectivity index (χ3n) is 4.50. The van der Waals surface area contributed by atoms with Crippen molar-refractivity contribution in [1.82, 2.24) is 19.5 Å². The number of fused-ring (bicyclic) bond motifs is 1. The van der Waals surface area contributed by atoms with Crippen LogP contribution in [0.25, 0.3) is 10.9 Å². The first-order chi connectivity index (χ1) is 12.8. The monoisotopic (exact) mass is 373 g/mol. The van der Waals surface area contributed by atoms with Crippen LogP contribution in [0.15, 0.2) is 29.2 Å². The predicted molar refractivity (Wildman–Crippen MR) is 101 cm³/mol. The molecule has 1 unspecified atom stereocenters. The fourth-order valence-electron chi connectivity index (χ4n) is 3.03. The minimum absolute atomic E-state index is 0.00569. The Morgan fingerprint density at radius 1 is 1.15 bits per heavy atom. The minimum atomic E-state index is -2.89. The van der Waals surface area contributed by atoms with E-state index >= 15 is 0 Å². The van der Waals surface area contributed by atoms with E-state index in [2.05, 4.69) is 20.3 Å². The molecule has 3 heterocycles. The quantitative estimate of drug-likeness (QED) is 0.715. The zero-order valence-electron chi connectivity index (χ0n) is 15.6. The first kappa shape index (κ1) is 18.9. The van der Waals surface area contributed by atoms with Gasteiger partial charge < -0.3 is 5.32 Å². The molecule has 27 heavy (non-hydrogen) atoms. The molecule has 0 bridgehead atoms. The molecule has 0 saturated carbocycles. The Bertz CT molecular complexity index is 1030. The second-order valence-corrected chi connectivity index (χ2v) is 6.54. The Kier molecular flexibility index (Phi) is 5.16. The molecule has 3 rings (SSSR count). The van der Waals surface area contributed by atoms with E-state index in [1.807, 2.05) is 20.8 Å². The van der Waals surface area contributed by atoms with Gasteiger partial charge in [0.05, 0.1) is 10.9 Å². The molecule has 8 heteroatoms. The topological polar surface area (TPSA) is 72.7 Å². The van der Waals surface area contributed by atoms with Crippen LogP contribution in [-0.4, -0.2) is 19.5 Å². The highest BCUT2D eigenvalue weighted by Crippen LogP contribution is 2.28. The first-order valence-corrected chi connectivity index (χ1v) is 8.73. The van der Waals surface area contributed by atoms with E-state index in [1.54, 1.807) is 19.1 Å². The molecule has 0 amide bonds. The van der Waals surface area contributed by atoms with Gasteiger partial charge in [-0.1, -0.05) is 13.8 Å². The summed E-state index contributed by atoms with van der Waals surface area (Å²) in [5, 5.41) is 3.36. The van der Waals surface area contributed by atoms with Gasteiger partial charge in [0.1, 0.15) is 17.5 Å². The van der Waals surface area contributed by atoms with Crippen LogP contribution < -0.4 is 10.9 Å². The van der Waals surface area contributed by atoms with Crippen molar-refractivity contribution in [2.45, 2.75) is 46.6 Å². The van der Waals surface area contributed by atoms with Gasteiger partial charge in [0, 0.05) is 18.0 Å². The summed E-state index contributed by atoms with van der Waals surface area (Å²) in [7, 11) is 0. The lowest BCUT2D eigenvalue weighted by molar-refractivity contribution is 0.0669. The van der Waals surface area contributed by atoms with Crippen LogP contribution >= 0.6 is 0 Å². The molecule has 0 aromatic carbocycles. The van der Waals surface area contributed by atoms with Gasteiger partial charge in [0.25, 0.3) is 5.56 Å². The number of pyridine rings is 2. The Hall–Kier alpha value is -2.90. The van der Waals surface area contributed by atoms with E-state index in [0.29, 0.717) is 33.1 Å². The molecule has 0 aliphatic heterocycles. The SMILES string of the molecule is CCC(C)c1cc(Nc2cc(C)nc(C)n2)nc2ccn(C(F)F)c(=O)c12. The van der Waals surface area contributed by atoms with Gasteiger partial charge in [-0.25, -0.2) is 15.0 Å². The second-order valence-electron chi connectivity index (χ2n) is 6.54. The minimum Gasteiger partial charge on any atom is -0.325 e. The molecule has 0 fully saturated rings. The standard InChI is InChI=1S/C19H21F2N5O/c1-5-10(2)13-9-16(25-15-8-11(3)22-12(4)23-15)24-14-6-7-26(19(20)21)18(27)17(13)14/h6-10,19H,5H2,1-4H3,(H,22,23,24,25). The van der Waals surface area contributed by atoms with Crippen LogP contribution in [0.5, 0.6) is 0 Å². The third-order valence-corrected chi connectivity index (χ3v) is 4.50. The summed E-state index contributed by atoms with van der Waals surface area (Å²) >= 11 is 0. The number of alkyl halides is 2. The molecule has 0 aliphatic carbocycles.